The van der Waals surface area contributed by atoms with Crippen molar-refractivity contribution in [3.63, 3.8) is 0 Å². The predicted molar refractivity (Wildman–Crippen MR) is 69.7 cm³/mol. The number of H-pyrrole nitrogens is 2. The highest BCUT2D eigenvalue weighted by Crippen LogP contribution is 2.08. The summed E-state index contributed by atoms with van der Waals surface area (Å²) in [5.41, 5.74) is -1.02. The van der Waals surface area contributed by atoms with Crippen LogP contribution in [-0.2, 0) is 25.5 Å². The molecule has 0 bridgehead atoms. The summed E-state index contributed by atoms with van der Waals surface area (Å²) >= 11 is 0. The van der Waals surface area contributed by atoms with Gasteiger partial charge < -0.3 is 19.4 Å². The topological polar surface area (TPSA) is 122 Å². The van der Waals surface area contributed by atoms with Crippen LogP contribution in [-0.4, -0.2) is 59.7 Å². The molecule has 1 aliphatic rings. The third kappa shape index (κ3) is 3.78. The van der Waals surface area contributed by atoms with Crippen LogP contribution in [0.3, 0.4) is 0 Å². The Morgan fingerprint density at radius 2 is 2.19 bits per heavy atom. The first-order chi connectivity index (χ1) is 9.99. The Morgan fingerprint density at radius 3 is 2.86 bits per heavy atom. The smallest absolute Gasteiger partial charge is 0.336 e. The van der Waals surface area contributed by atoms with Gasteiger partial charge in [0.1, 0.15) is 0 Å². The molecule has 1 saturated heterocycles. The molecule has 21 heavy (non-hydrogen) atoms. The highest BCUT2D eigenvalue weighted by Gasteiger charge is 2.29. The maximum absolute atomic E-state index is 12.1. The number of amides is 1. The highest BCUT2D eigenvalue weighted by molar-refractivity contribution is 5.80. The first-order valence-corrected chi connectivity index (χ1v) is 6.29. The van der Waals surface area contributed by atoms with E-state index in [9.17, 15) is 19.2 Å². The number of carbonyl (C=O) groups excluding carboxylic acids is 2. The lowest BCUT2D eigenvalue weighted by atomic mass is 10.2. The number of morpholine rings is 1. The lowest BCUT2D eigenvalue weighted by molar-refractivity contribution is -0.162. The van der Waals surface area contributed by atoms with Gasteiger partial charge >= 0.3 is 11.7 Å². The van der Waals surface area contributed by atoms with Gasteiger partial charge in [0.15, 0.2) is 6.10 Å². The van der Waals surface area contributed by atoms with Gasteiger partial charge in [-0.2, -0.15) is 0 Å². The SMILES string of the molecule is COC(=O)C1CN(C(=O)Cc2cc(=O)[nH]c(=O)[nH]2)CCO1. The van der Waals surface area contributed by atoms with Crippen LogP contribution in [0, 0.1) is 0 Å². The number of rotatable bonds is 3. The largest absolute Gasteiger partial charge is 0.467 e. The summed E-state index contributed by atoms with van der Waals surface area (Å²) in [5.74, 6) is -0.856. The number of carbonyl (C=O) groups is 2. The van der Waals surface area contributed by atoms with Crippen molar-refractivity contribution >= 4 is 11.9 Å². The Kier molecular flexibility index (Phi) is 4.53. The van der Waals surface area contributed by atoms with Crippen molar-refractivity contribution in [1.29, 1.82) is 0 Å². The second kappa shape index (κ2) is 6.35. The quantitative estimate of drug-likeness (QED) is 0.623. The van der Waals surface area contributed by atoms with Gasteiger partial charge in [-0.1, -0.05) is 0 Å². The van der Waals surface area contributed by atoms with Crippen LogP contribution >= 0.6 is 0 Å². The number of ether oxygens (including phenoxy) is 2. The van der Waals surface area contributed by atoms with E-state index in [1.807, 2.05) is 4.98 Å². The van der Waals surface area contributed by atoms with Crippen molar-refractivity contribution in [2.45, 2.75) is 12.5 Å². The zero-order valence-corrected chi connectivity index (χ0v) is 11.4. The fraction of sp³-hybridized carbons (Fsp3) is 0.500. The molecule has 2 N–H and O–H groups in total. The average molecular weight is 297 g/mol. The molecule has 0 aliphatic carbocycles. The van der Waals surface area contributed by atoms with Crippen molar-refractivity contribution in [2.24, 2.45) is 0 Å². The van der Waals surface area contributed by atoms with E-state index in [1.54, 1.807) is 0 Å². The summed E-state index contributed by atoms with van der Waals surface area (Å²) < 4.78 is 9.79. The van der Waals surface area contributed by atoms with Crippen LogP contribution in [0.15, 0.2) is 15.7 Å². The maximum Gasteiger partial charge on any atom is 0.336 e. The number of esters is 1. The van der Waals surface area contributed by atoms with Gasteiger partial charge in [0, 0.05) is 18.3 Å². The van der Waals surface area contributed by atoms with E-state index < -0.39 is 23.3 Å². The van der Waals surface area contributed by atoms with Gasteiger partial charge in [0.25, 0.3) is 5.56 Å². The summed E-state index contributed by atoms with van der Waals surface area (Å²) in [5, 5.41) is 0. The summed E-state index contributed by atoms with van der Waals surface area (Å²) in [6, 6.07) is 1.15. The molecule has 9 nitrogen and oxygen atoms in total. The number of nitrogens with one attached hydrogen (secondary N) is 2. The molecule has 1 aliphatic heterocycles. The molecule has 0 saturated carbocycles. The number of aromatic nitrogens is 2. The molecule has 1 aromatic rings. The minimum atomic E-state index is -0.814. The second-order valence-electron chi connectivity index (χ2n) is 4.51. The zero-order valence-electron chi connectivity index (χ0n) is 11.4. The van der Waals surface area contributed by atoms with E-state index >= 15 is 0 Å². The number of nitrogens with zero attached hydrogens (tertiary/aromatic N) is 1. The van der Waals surface area contributed by atoms with E-state index in [1.165, 1.54) is 12.0 Å². The van der Waals surface area contributed by atoms with Crippen molar-refractivity contribution in [2.75, 3.05) is 26.8 Å². The Morgan fingerprint density at radius 1 is 1.43 bits per heavy atom. The monoisotopic (exact) mass is 297 g/mol. The number of aromatic amines is 2. The lowest BCUT2D eigenvalue weighted by Gasteiger charge is -2.31. The molecule has 2 rings (SSSR count). The molecule has 1 amide bonds. The minimum Gasteiger partial charge on any atom is -0.467 e. The van der Waals surface area contributed by atoms with Gasteiger partial charge in [-0.25, -0.2) is 9.59 Å². The molecule has 9 heteroatoms. The summed E-state index contributed by atoms with van der Waals surface area (Å²) in [6.07, 6.45) is -0.946. The van der Waals surface area contributed by atoms with E-state index in [2.05, 4.69) is 9.72 Å². The van der Waals surface area contributed by atoms with Gasteiger partial charge in [-0.15, -0.1) is 0 Å². The van der Waals surface area contributed by atoms with Crippen LogP contribution in [0.25, 0.3) is 0 Å². The fourth-order valence-corrected chi connectivity index (χ4v) is 2.04. The van der Waals surface area contributed by atoms with Crippen LogP contribution in [0.5, 0.6) is 0 Å². The maximum atomic E-state index is 12.1. The number of hydrogen-bond acceptors (Lipinski definition) is 6. The van der Waals surface area contributed by atoms with E-state index in [0.29, 0.717) is 6.54 Å². The van der Waals surface area contributed by atoms with E-state index in [4.69, 9.17) is 4.74 Å². The normalized spacial score (nSPS) is 18.3. The minimum absolute atomic E-state index is 0.0823. The Labute approximate surface area is 118 Å². The molecule has 1 aromatic heterocycles. The standard InChI is InChI=1S/C12H15N3O6/c1-20-11(18)8-6-15(2-3-21-8)10(17)5-7-4-9(16)14-12(19)13-7/h4,8H,2-3,5-6H2,1H3,(H2,13,14,16,19). The van der Waals surface area contributed by atoms with Crippen molar-refractivity contribution < 1.29 is 19.1 Å². The molecule has 1 atom stereocenters. The molecule has 114 valence electrons. The summed E-state index contributed by atoms with van der Waals surface area (Å²) in [6.45, 7) is 0.635. The molecule has 1 fully saturated rings. The van der Waals surface area contributed by atoms with E-state index in [-0.39, 0.29) is 31.2 Å². The van der Waals surface area contributed by atoms with Crippen LogP contribution in [0.2, 0.25) is 0 Å². The molecule has 1 unspecified atom stereocenters. The molecule has 0 aromatic carbocycles. The molecule has 2 heterocycles. The van der Waals surface area contributed by atoms with Gasteiger partial charge in [-0.05, 0) is 0 Å². The van der Waals surface area contributed by atoms with Gasteiger partial charge in [-0.3, -0.25) is 14.6 Å². The number of methoxy groups -OCH3 is 1. The second-order valence-corrected chi connectivity index (χ2v) is 4.51. The van der Waals surface area contributed by atoms with Crippen molar-refractivity contribution in [1.82, 2.24) is 14.9 Å². The molecule has 0 spiro atoms. The first kappa shape index (κ1) is 15.0. The average Bonchev–Trinajstić information content (AvgIpc) is 2.45. The Bertz CT molecular complexity index is 621. The summed E-state index contributed by atoms with van der Waals surface area (Å²) in [7, 11) is 1.24. The van der Waals surface area contributed by atoms with Gasteiger partial charge in [0.05, 0.1) is 26.7 Å². The van der Waals surface area contributed by atoms with Crippen LogP contribution in [0.1, 0.15) is 5.69 Å². The zero-order chi connectivity index (χ0) is 15.4. The third-order valence-corrected chi connectivity index (χ3v) is 3.04. The number of hydrogen-bond donors (Lipinski definition) is 2. The predicted octanol–water partition coefficient (Wildman–Crippen LogP) is -1.99. The van der Waals surface area contributed by atoms with E-state index in [0.717, 1.165) is 6.07 Å². The fourth-order valence-electron chi connectivity index (χ4n) is 2.04. The molecule has 0 radical (unpaired) electrons. The van der Waals surface area contributed by atoms with Crippen molar-refractivity contribution in [3.05, 3.63) is 32.6 Å². The Hall–Kier alpha value is -2.42. The van der Waals surface area contributed by atoms with Crippen molar-refractivity contribution in [3.8, 4) is 0 Å². The lowest BCUT2D eigenvalue weighted by Crippen LogP contribution is -2.49. The summed E-state index contributed by atoms with van der Waals surface area (Å²) in [4.78, 5) is 51.7. The first-order valence-electron chi connectivity index (χ1n) is 6.29. The van der Waals surface area contributed by atoms with Crippen LogP contribution in [0.4, 0.5) is 0 Å². The highest BCUT2D eigenvalue weighted by atomic mass is 16.6. The third-order valence-electron chi connectivity index (χ3n) is 3.04. The van der Waals surface area contributed by atoms with Crippen LogP contribution < -0.4 is 11.2 Å². The Balaban J connectivity index is 2.04. The van der Waals surface area contributed by atoms with Gasteiger partial charge in [0.2, 0.25) is 5.91 Å². The molecular weight excluding hydrogens is 282 g/mol. The molecular formula is C12H15N3O6.